The minimum absolute atomic E-state index is 0.0711. The van der Waals surface area contributed by atoms with E-state index in [2.05, 4.69) is 10.3 Å². The number of rotatable bonds is 2. The third-order valence-electron chi connectivity index (χ3n) is 3.63. The highest BCUT2D eigenvalue weighted by Crippen LogP contribution is 2.37. The number of aryl methyl sites for hydroxylation is 1. The standard InChI is InChI=1S/C16H15FN2O2S/c1-9-5-6-11(15(20)18-9)16(21)19-13-7-8-22-14-10(13)3-2-4-12(14)17/h2-6,13H,7-8H2,1H3,(H,18,20)(H,19,21). The van der Waals surface area contributed by atoms with Crippen LogP contribution in [0.4, 0.5) is 4.39 Å². The Morgan fingerprint density at radius 1 is 1.36 bits per heavy atom. The van der Waals surface area contributed by atoms with E-state index in [0.717, 1.165) is 11.3 Å². The Morgan fingerprint density at radius 2 is 2.18 bits per heavy atom. The number of benzene rings is 1. The van der Waals surface area contributed by atoms with E-state index >= 15 is 0 Å². The lowest BCUT2D eigenvalue weighted by atomic mass is 10.0. The van der Waals surface area contributed by atoms with Gasteiger partial charge in [-0.2, -0.15) is 0 Å². The molecule has 0 fully saturated rings. The fraction of sp³-hybridized carbons (Fsp3) is 0.250. The van der Waals surface area contributed by atoms with Gasteiger partial charge in [-0.1, -0.05) is 12.1 Å². The average molecular weight is 318 g/mol. The molecule has 1 unspecified atom stereocenters. The Morgan fingerprint density at radius 3 is 2.95 bits per heavy atom. The first-order valence-corrected chi connectivity index (χ1v) is 7.97. The molecular weight excluding hydrogens is 303 g/mol. The molecule has 0 saturated carbocycles. The molecule has 3 rings (SSSR count). The van der Waals surface area contributed by atoms with Crippen LogP contribution in [-0.4, -0.2) is 16.6 Å². The summed E-state index contributed by atoms with van der Waals surface area (Å²) in [6.45, 7) is 1.75. The molecule has 1 atom stereocenters. The fourth-order valence-corrected chi connectivity index (χ4v) is 3.66. The highest BCUT2D eigenvalue weighted by atomic mass is 32.2. The van der Waals surface area contributed by atoms with E-state index in [1.165, 1.54) is 23.9 Å². The number of hydrogen-bond donors (Lipinski definition) is 2. The van der Waals surface area contributed by atoms with E-state index in [0.29, 0.717) is 17.0 Å². The first-order chi connectivity index (χ1) is 10.6. The first-order valence-electron chi connectivity index (χ1n) is 6.98. The Kier molecular flexibility index (Phi) is 4.02. The lowest BCUT2D eigenvalue weighted by molar-refractivity contribution is 0.0933. The second kappa shape index (κ2) is 5.96. The van der Waals surface area contributed by atoms with Crippen molar-refractivity contribution in [2.24, 2.45) is 0 Å². The van der Waals surface area contributed by atoms with Crippen molar-refractivity contribution in [3.8, 4) is 0 Å². The van der Waals surface area contributed by atoms with Crippen LogP contribution in [0.25, 0.3) is 0 Å². The van der Waals surface area contributed by atoms with E-state index < -0.39 is 11.5 Å². The van der Waals surface area contributed by atoms with E-state index in [-0.39, 0.29) is 17.4 Å². The molecule has 22 heavy (non-hydrogen) atoms. The molecule has 1 aromatic carbocycles. The second-order valence-electron chi connectivity index (χ2n) is 5.21. The maximum atomic E-state index is 13.8. The third kappa shape index (κ3) is 2.78. The Hall–Kier alpha value is -2.08. The average Bonchev–Trinajstić information content (AvgIpc) is 2.48. The second-order valence-corrected chi connectivity index (χ2v) is 6.31. The van der Waals surface area contributed by atoms with Crippen molar-refractivity contribution in [2.75, 3.05) is 5.75 Å². The summed E-state index contributed by atoms with van der Waals surface area (Å²) in [6, 6.07) is 7.78. The van der Waals surface area contributed by atoms with Gasteiger partial charge in [0.05, 0.1) is 6.04 Å². The molecule has 1 aliphatic heterocycles. The smallest absolute Gasteiger partial charge is 0.260 e. The molecule has 2 N–H and O–H groups in total. The molecule has 2 aromatic rings. The van der Waals surface area contributed by atoms with Gasteiger partial charge in [0.1, 0.15) is 11.4 Å². The van der Waals surface area contributed by atoms with E-state index in [1.54, 1.807) is 19.1 Å². The zero-order valence-corrected chi connectivity index (χ0v) is 12.8. The molecule has 0 spiro atoms. The lowest BCUT2D eigenvalue weighted by Crippen LogP contribution is -2.34. The summed E-state index contributed by atoms with van der Waals surface area (Å²) < 4.78 is 13.8. The van der Waals surface area contributed by atoms with Gasteiger partial charge in [0.2, 0.25) is 0 Å². The molecule has 0 aliphatic carbocycles. The fourth-order valence-electron chi connectivity index (χ4n) is 2.52. The molecule has 1 amide bonds. The number of aromatic amines is 1. The topological polar surface area (TPSA) is 62.0 Å². The molecule has 4 nitrogen and oxygen atoms in total. The molecule has 114 valence electrons. The van der Waals surface area contributed by atoms with E-state index in [1.807, 2.05) is 6.07 Å². The highest BCUT2D eigenvalue weighted by Gasteiger charge is 2.25. The summed E-state index contributed by atoms with van der Waals surface area (Å²) in [4.78, 5) is 27.3. The highest BCUT2D eigenvalue weighted by molar-refractivity contribution is 7.99. The number of fused-ring (bicyclic) bond motifs is 1. The summed E-state index contributed by atoms with van der Waals surface area (Å²) in [7, 11) is 0. The van der Waals surface area contributed by atoms with Gasteiger partial charge in [-0.05, 0) is 37.1 Å². The van der Waals surface area contributed by atoms with Crippen LogP contribution in [-0.2, 0) is 0 Å². The zero-order valence-electron chi connectivity index (χ0n) is 12.0. The number of thioether (sulfide) groups is 1. The number of halogens is 1. The maximum Gasteiger partial charge on any atom is 0.260 e. The predicted molar refractivity (Wildman–Crippen MR) is 83.7 cm³/mol. The van der Waals surface area contributed by atoms with Gasteiger partial charge in [-0.3, -0.25) is 9.59 Å². The molecule has 0 bridgehead atoms. The summed E-state index contributed by atoms with van der Waals surface area (Å²) in [5, 5.41) is 2.84. The number of carbonyl (C=O) groups is 1. The van der Waals surface area contributed by atoms with Crippen LogP contribution >= 0.6 is 11.8 Å². The number of aromatic nitrogens is 1. The van der Waals surface area contributed by atoms with Crippen LogP contribution in [0.3, 0.4) is 0 Å². The minimum atomic E-state index is -0.437. The number of hydrogen-bond acceptors (Lipinski definition) is 3. The molecule has 0 saturated heterocycles. The molecule has 0 radical (unpaired) electrons. The monoisotopic (exact) mass is 318 g/mol. The van der Waals surface area contributed by atoms with E-state index in [4.69, 9.17) is 0 Å². The van der Waals surface area contributed by atoms with Crippen molar-refractivity contribution in [3.05, 3.63) is 63.3 Å². The molecular formula is C16H15FN2O2S. The number of amides is 1. The Balaban J connectivity index is 1.87. The number of nitrogens with one attached hydrogen (secondary N) is 2. The molecule has 6 heteroatoms. The van der Waals surface area contributed by atoms with Gasteiger partial charge >= 0.3 is 0 Å². The number of H-pyrrole nitrogens is 1. The zero-order chi connectivity index (χ0) is 15.7. The van der Waals surface area contributed by atoms with Crippen molar-refractivity contribution < 1.29 is 9.18 Å². The van der Waals surface area contributed by atoms with Gasteiger partial charge in [-0.25, -0.2) is 4.39 Å². The molecule has 2 heterocycles. The van der Waals surface area contributed by atoms with Gasteiger partial charge in [0.25, 0.3) is 11.5 Å². The predicted octanol–water partition coefficient (Wildman–Crippen LogP) is 2.79. The quantitative estimate of drug-likeness (QED) is 0.895. The summed E-state index contributed by atoms with van der Waals surface area (Å²) in [5.41, 5.74) is 1.13. The number of carbonyl (C=O) groups excluding carboxylic acids is 1. The number of pyridine rings is 1. The third-order valence-corrected chi connectivity index (χ3v) is 4.79. The van der Waals surface area contributed by atoms with Crippen molar-refractivity contribution in [1.82, 2.24) is 10.3 Å². The van der Waals surface area contributed by atoms with Gasteiger partial charge < -0.3 is 10.3 Å². The lowest BCUT2D eigenvalue weighted by Gasteiger charge is -2.26. The van der Waals surface area contributed by atoms with Crippen LogP contribution in [0.15, 0.2) is 40.0 Å². The SMILES string of the molecule is Cc1ccc(C(=O)NC2CCSc3c(F)cccc32)c(=O)[nH]1. The van der Waals surface area contributed by atoms with Gasteiger partial charge in [0.15, 0.2) is 0 Å². The summed E-state index contributed by atoms with van der Waals surface area (Å²) >= 11 is 1.45. The first kappa shape index (κ1) is 14.8. The molecule has 1 aromatic heterocycles. The largest absolute Gasteiger partial charge is 0.345 e. The van der Waals surface area contributed by atoms with Crippen LogP contribution in [0.2, 0.25) is 0 Å². The van der Waals surface area contributed by atoms with Crippen LogP contribution in [0.1, 0.15) is 34.1 Å². The van der Waals surface area contributed by atoms with E-state index in [9.17, 15) is 14.0 Å². The van der Waals surface area contributed by atoms with Crippen LogP contribution in [0, 0.1) is 12.7 Å². The Bertz CT molecular complexity index is 788. The van der Waals surface area contributed by atoms with Crippen LogP contribution in [0.5, 0.6) is 0 Å². The Labute approximate surface area is 131 Å². The normalized spacial score (nSPS) is 16.9. The molecule has 1 aliphatic rings. The van der Waals surface area contributed by atoms with Gasteiger partial charge in [-0.15, -0.1) is 11.8 Å². The van der Waals surface area contributed by atoms with Crippen molar-refractivity contribution >= 4 is 17.7 Å². The van der Waals surface area contributed by atoms with Crippen molar-refractivity contribution in [2.45, 2.75) is 24.3 Å². The van der Waals surface area contributed by atoms with Crippen molar-refractivity contribution in [1.29, 1.82) is 0 Å². The maximum absolute atomic E-state index is 13.8. The van der Waals surface area contributed by atoms with Crippen LogP contribution < -0.4 is 10.9 Å². The van der Waals surface area contributed by atoms with Gasteiger partial charge in [0, 0.05) is 16.3 Å². The minimum Gasteiger partial charge on any atom is -0.345 e. The summed E-state index contributed by atoms with van der Waals surface area (Å²) in [5.74, 6) is 0.0198. The summed E-state index contributed by atoms with van der Waals surface area (Å²) in [6.07, 6.45) is 0.705. The van der Waals surface area contributed by atoms with Crippen molar-refractivity contribution in [3.63, 3.8) is 0 Å².